The monoisotopic (exact) mass is 316 g/mol. The van der Waals surface area contributed by atoms with Crippen LogP contribution in [0, 0.1) is 5.41 Å². The Hall–Kier alpha value is -0.440. The summed E-state index contributed by atoms with van der Waals surface area (Å²) >= 11 is 18.2. The van der Waals surface area contributed by atoms with E-state index in [1.807, 2.05) is 12.1 Å². The van der Waals surface area contributed by atoms with Crippen LogP contribution in [0.5, 0.6) is 0 Å². The van der Waals surface area contributed by atoms with Crippen LogP contribution in [0.3, 0.4) is 0 Å². The number of fused-ring (bicyclic) bond motifs is 1. The highest BCUT2D eigenvalue weighted by Gasteiger charge is 2.41. The first kappa shape index (κ1) is 13.5. The topological polar surface area (TPSA) is 17.8 Å². The molecule has 19 heavy (non-hydrogen) atoms. The molecule has 1 heterocycles. The van der Waals surface area contributed by atoms with Crippen molar-refractivity contribution < 1.29 is 0 Å². The zero-order valence-electron chi connectivity index (χ0n) is 10.7. The van der Waals surface area contributed by atoms with Crippen molar-refractivity contribution in [2.24, 2.45) is 5.41 Å². The van der Waals surface area contributed by atoms with Gasteiger partial charge >= 0.3 is 0 Å². The SMILES string of the molecule is CCC1(Cn2c(CCl)nc3cc(Cl)c(Cl)cc32)CC1. The molecule has 0 spiro atoms. The molecule has 1 aliphatic rings. The third-order valence-corrected chi connectivity index (χ3v) is 5.15. The van der Waals surface area contributed by atoms with Gasteiger partial charge in [-0.15, -0.1) is 11.6 Å². The predicted molar refractivity (Wildman–Crippen MR) is 81.3 cm³/mol. The molecule has 3 rings (SSSR count). The molecule has 1 aromatic heterocycles. The Balaban J connectivity index is 2.12. The molecule has 0 unspecified atom stereocenters. The summed E-state index contributed by atoms with van der Waals surface area (Å²) in [5.74, 6) is 1.30. The third-order valence-electron chi connectivity index (χ3n) is 4.19. The highest BCUT2D eigenvalue weighted by molar-refractivity contribution is 6.42. The summed E-state index contributed by atoms with van der Waals surface area (Å²) in [6.45, 7) is 3.22. The first-order valence-corrected chi connectivity index (χ1v) is 7.78. The summed E-state index contributed by atoms with van der Waals surface area (Å²) in [5.41, 5.74) is 2.34. The molecule has 1 aliphatic carbocycles. The number of aromatic nitrogens is 2. The number of alkyl halides is 1. The van der Waals surface area contributed by atoms with E-state index in [4.69, 9.17) is 34.8 Å². The highest BCUT2D eigenvalue weighted by atomic mass is 35.5. The maximum absolute atomic E-state index is 6.13. The minimum Gasteiger partial charge on any atom is -0.326 e. The summed E-state index contributed by atoms with van der Waals surface area (Å²) in [5, 5.41) is 1.11. The van der Waals surface area contributed by atoms with E-state index in [1.54, 1.807) is 0 Å². The van der Waals surface area contributed by atoms with Gasteiger partial charge in [0, 0.05) is 6.54 Å². The molecule has 1 saturated carbocycles. The van der Waals surface area contributed by atoms with E-state index < -0.39 is 0 Å². The van der Waals surface area contributed by atoms with Crippen LogP contribution < -0.4 is 0 Å². The number of rotatable bonds is 4. The number of hydrogen-bond donors (Lipinski definition) is 0. The van der Waals surface area contributed by atoms with Crippen LogP contribution in [0.25, 0.3) is 11.0 Å². The first-order valence-electron chi connectivity index (χ1n) is 6.49. The van der Waals surface area contributed by atoms with Crippen molar-refractivity contribution in [2.75, 3.05) is 0 Å². The summed E-state index contributed by atoms with van der Waals surface area (Å²) in [7, 11) is 0. The van der Waals surface area contributed by atoms with Gasteiger partial charge < -0.3 is 4.57 Å². The van der Waals surface area contributed by atoms with E-state index in [9.17, 15) is 0 Å². The van der Waals surface area contributed by atoms with E-state index in [2.05, 4.69) is 16.5 Å². The van der Waals surface area contributed by atoms with Gasteiger partial charge in [0.05, 0.1) is 27.0 Å². The fourth-order valence-corrected chi connectivity index (χ4v) is 3.10. The van der Waals surface area contributed by atoms with Crippen LogP contribution in [0.1, 0.15) is 32.0 Å². The lowest BCUT2D eigenvalue weighted by molar-refractivity contribution is 0.410. The van der Waals surface area contributed by atoms with Gasteiger partial charge in [0.15, 0.2) is 0 Å². The molecule has 2 aromatic rings. The number of nitrogens with zero attached hydrogens (tertiary/aromatic N) is 2. The van der Waals surface area contributed by atoms with Crippen LogP contribution in [0.15, 0.2) is 12.1 Å². The Bertz CT molecular complexity index is 629. The van der Waals surface area contributed by atoms with Gasteiger partial charge in [-0.3, -0.25) is 0 Å². The van der Waals surface area contributed by atoms with Crippen molar-refractivity contribution in [2.45, 2.75) is 38.6 Å². The normalized spacial score (nSPS) is 17.1. The lowest BCUT2D eigenvalue weighted by Gasteiger charge is -2.16. The van der Waals surface area contributed by atoms with Crippen molar-refractivity contribution in [3.05, 3.63) is 28.0 Å². The Labute approximate surface area is 127 Å². The second-order valence-corrected chi connectivity index (χ2v) is 6.44. The largest absolute Gasteiger partial charge is 0.326 e. The van der Waals surface area contributed by atoms with Crippen molar-refractivity contribution in [3.8, 4) is 0 Å². The van der Waals surface area contributed by atoms with Gasteiger partial charge in [0.25, 0.3) is 0 Å². The van der Waals surface area contributed by atoms with Gasteiger partial charge in [-0.2, -0.15) is 0 Å². The Morgan fingerprint density at radius 1 is 1.26 bits per heavy atom. The summed E-state index contributed by atoms with van der Waals surface area (Å²) in [6, 6.07) is 3.71. The van der Waals surface area contributed by atoms with Gasteiger partial charge in [0.2, 0.25) is 0 Å². The lowest BCUT2D eigenvalue weighted by atomic mass is 10.0. The van der Waals surface area contributed by atoms with Gasteiger partial charge in [-0.1, -0.05) is 30.1 Å². The van der Waals surface area contributed by atoms with Gasteiger partial charge in [0.1, 0.15) is 5.82 Å². The number of halogens is 3. The van der Waals surface area contributed by atoms with Gasteiger partial charge in [-0.25, -0.2) is 4.98 Å². The molecule has 1 fully saturated rings. The molecule has 2 nitrogen and oxygen atoms in total. The second-order valence-electron chi connectivity index (χ2n) is 5.36. The standard InChI is InChI=1S/C14H15Cl3N2/c1-2-14(3-4-14)8-19-12-6-10(17)9(16)5-11(12)18-13(19)7-15/h5-6H,2-4,7-8H2,1H3. The molecule has 0 bridgehead atoms. The van der Waals surface area contributed by atoms with E-state index in [0.717, 1.165) is 23.4 Å². The fourth-order valence-electron chi connectivity index (χ4n) is 2.58. The molecule has 0 N–H and O–H groups in total. The minimum atomic E-state index is 0.406. The van der Waals surface area contributed by atoms with Crippen molar-refractivity contribution in [1.29, 1.82) is 0 Å². The van der Waals surface area contributed by atoms with Crippen molar-refractivity contribution >= 4 is 45.8 Å². The fraction of sp³-hybridized carbons (Fsp3) is 0.500. The number of hydrogen-bond acceptors (Lipinski definition) is 1. The molecule has 5 heteroatoms. The smallest absolute Gasteiger partial charge is 0.124 e. The lowest BCUT2D eigenvalue weighted by Crippen LogP contribution is -2.12. The van der Waals surface area contributed by atoms with Crippen LogP contribution in [-0.2, 0) is 12.4 Å². The molecule has 0 radical (unpaired) electrons. The predicted octanol–water partition coefficient (Wildman–Crippen LogP) is 5.27. The zero-order valence-corrected chi connectivity index (χ0v) is 13.0. The van der Waals surface area contributed by atoms with Crippen LogP contribution in [0.2, 0.25) is 10.0 Å². The quantitative estimate of drug-likeness (QED) is 0.702. The second kappa shape index (κ2) is 4.83. The van der Waals surface area contributed by atoms with Crippen LogP contribution in [-0.4, -0.2) is 9.55 Å². The Kier molecular flexibility index (Phi) is 3.45. The van der Waals surface area contributed by atoms with Crippen LogP contribution >= 0.6 is 34.8 Å². The van der Waals surface area contributed by atoms with E-state index in [1.165, 1.54) is 19.3 Å². The third kappa shape index (κ3) is 2.35. The van der Waals surface area contributed by atoms with E-state index in [-0.39, 0.29) is 0 Å². The van der Waals surface area contributed by atoms with E-state index >= 15 is 0 Å². The van der Waals surface area contributed by atoms with Crippen molar-refractivity contribution in [1.82, 2.24) is 9.55 Å². The maximum atomic E-state index is 6.13. The average molecular weight is 318 g/mol. The van der Waals surface area contributed by atoms with Gasteiger partial charge in [-0.05, 0) is 36.8 Å². The highest BCUT2D eigenvalue weighted by Crippen LogP contribution is 2.50. The molecule has 0 atom stereocenters. The molecule has 0 saturated heterocycles. The Morgan fingerprint density at radius 2 is 1.95 bits per heavy atom. The molecule has 0 amide bonds. The maximum Gasteiger partial charge on any atom is 0.124 e. The summed E-state index contributed by atoms with van der Waals surface area (Å²) < 4.78 is 2.21. The summed E-state index contributed by atoms with van der Waals surface area (Å²) in [6.07, 6.45) is 3.76. The number of imidazole rings is 1. The molecule has 102 valence electrons. The molecular weight excluding hydrogens is 303 g/mol. The Morgan fingerprint density at radius 3 is 2.53 bits per heavy atom. The minimum absolute atomic E-state index is 0.406. The van der Waals surface area contributed by atoms with Crippen molar-refractivity contribution in [3.63, 3.8) is 0 Å². The molecular formula is C14H15Cl3N2. The summed E-state index contributed by atoms with van der Waals surface area (Å²) in [4.78, 5) is 4.57. The molecule has 1 aromatic carbocycles. The number of benzene rings is 1. The van der Waals surface area contributed by atoms with Crippen LogP contribution in [0.4, 0.5) is 0 Å². The average Bonchev–Trinajstić information content (AvgIpc) is 3.10. The van der Waals surface area contributed by atoms with E-state index in [0.29, 0.717) is 21.3 Å². The molecule has 0 aliphatic heterocycles. The zero-order chi connectivity index (χ0) is 13.6. The first-order chi connectivity index (χ1) is 9.08.